The van der Waals surface area contributed by atoms with Crippen LogP contribution in [-0.4, -0.2) is 54.3 Å². The predicted octanol–water partition coefficient (Wildman–Crippen LogP) is 3.79. The fourth-order valence-electron chi connectivity index (χ4n) is 2.92. The molecule has 1 N–H and O–H groups in total. The van der Waals surface area contributed by atoms with E-state index in [4.69, 9.17) is 23.2 Å². The first-order valence-corrected chi connectivity index (χ1v) is 14.1. The van der Waals surface area contributed by atoms with Crippen molar-refractivity contribution in [2.45, 2.75) is 55.3 Å². The Kier molecular flexibility index (Phi) is 12.4. The number of hydrogen-bond donors (Lipinski definition) is 2. The zero-order valence-corrected chi connectivity index (χ0v) is 22.9. The first-order valence-electron chi connectivity index (χ1n) is 10.5. The van der Waals surface area contributed by atoms with Gasteiger partial charge in [0.15, 0.2) is 26.7 Å². The number of aryl methyl sites for hydroxylation is 2. The molecule has 0 fully saturated rings. The van der Waals surface area contributed by atoms with Crippen LogP contribution in [0.2, 0.25) is 0 Å². The van der Waals surface area contributed by atoms with Gasteiger partial charge in [0, 0.05) is 0 Å². The molecule has 0 aromatic heterocycles. The molecule has 2 aromatic rings. The second kappa shape index (κ2) is 13.9. The molecule has 0 spiro atoms. The Bertz CT molecular complexity index is 1160. The number of sulfonamides is 1. The summed E-state index contributed by atoms with van der Waals surface area (Å²) in [7, 11) is -8.01. The van der Waals surface area contributed by atoms with Gasteiger partial charge in [-0.05, 0) is 38.3 Å². The van der Waals surface area contributed by atoms with E-state index in [0.29, 0.717) is 4.31 Å². The van der Waals surface area contributed by atoms with Crippen LogP contribution in [0, 0.1) is 19.8 Å². The Morgan fingerprint density at radius 2 is 1.43 bits per heavy atom. The van der Waals surface area contributed by atoms with Gasteiger partial charge in [-0.25, -0.2) is 16.8 Å². The van der Waals surface area contributed by atoms with Crippen LogP contribution in [0.3, 0.4) is 0 Å². The zero-order valence-electron chi connectivity index (χ0n) is 19.7. The number of ketones is 1. The maximum atomic E-state index is 13.1. The number of nitrogens with zero attached hydrogens (tertiary/aromatic N) is 1. The van der Waals surface area contributed by atoms with E-state index in [1.807, 2.05) is 18.2 Å². The number of carbonyl (C=O) groups is 2. The Morgan fingerprint density at radius 3 is 1.80 bits per heavy atom. The van der Waals surface area contributed by atoms with Gasteiger partial charge in [0.25, 0.3) is 0 Å². The van der Waals surface area contributed by atoms with Gasteiger partial charge in [0.2, 0.25) is 10.0 Å². The SMILES string of the molecule is Cc1ccc(S(=O)(=O)N(C(Cl)C(=O)C(Cl)[SH](=O)=O)[C@@H](CC(C)C)C(=O)O)cc1.Cc1ccccc1. The van der Waals surface area contributed by atoms with E-state index >= 15 is 0 Å². The second-order valence-electron chi connectivity index (χ2n) is 8.15. The highest BCUT2D eigenvalue weighted by molar-refractivity contribution is 7.89. The number of benzene rings is 2. The second-order valence-corrected chi connectivity index (χ2v) is 12.2. The number of rotatable bonds is 10. The van der Waals surface area contributed by atoms with Gasteiger partial charge in [-0.2, -0.15) is 4.31 Å². The normalized spacial score (nSPS) is 14.2. The number of carbonyl (C=O) groups excluding carboxylic acids is 1. The molecule has 2 unspecified atom stereocenters. The van der Waals surface area contributed by atoms with Crippen molar-refractivity contribution < 1.29 is 31.5 Å². The minimum absolute atomic E-state index is 0.159. The average molecular weight is 567 g/mol. The molecular weight excluding hydrogens is 537 g/mol. The van der Waals surface area contributed by atoms with Crippen molar-refractivity contribution in [3.05, 3.63) is 65.7 Å². The molecule has 0 saturated carbocycles. The lowest BCUT2D eigenvalue weighted by molar-refractivity contribution is -0.142. The van der Waals surface area contributed by atoms with Crippen LogP contribution >= 0.6 is 23.2 Å². The summed E-state index contributed by atoms with van der Waals surface area (Å²) in [6.07, 6.45) is -0.159. The molecule has 0 aliphatic heterocycles. The van der Waals surface area contributed by atoms with Crippen LogP contribution in [0.5, 0.6) is 0 Å². The Morgan fingerprint density at radius 1 is 0.943 bits per heavy atom. The third kappa shape index (κ3) is 9.20. The first-order chi connectivity index (χ1) is 16.2. The summed E-state index contributed by atoms with van der Waals surface area (Å²) < 4.78 is 46.6. The summed E-state index contributed by atoms with van der Waals surface area (Å²) in [5.41, 5.74) is -0.0470. The first kappa shape index (κ1) is 31.1. The average Bonchev–Trinajstić information content (AvgIpc) is 2.78. The lowest BCUT2D eigenvalue weighted by atomic mass is 10.0. The minimum Gasteiger partial charge on any atom is -0.480 e. The van der Waals surface area contributed by atoms with Crippen molar-refractivity contribution in [2.75, 3.05) is 0 Å². The van der Waals surface area contributed by atoms with Gasteiger partial charge >= 0.3 is 5.97 Å². The van der Waals surface area contributed by atoms with Gasteiger partial charge in [-0.3, -0.25) is 9.59 Å². The topological polar surface area (TPSA) is 126 Å². The molecule has 0 radical (unpaired) electrons. The number of carboxylic acid groups (broad SMARTS) is 1. The number of carboxylic acids is 1. The number of halogens is 2. The molecule has 194 valence electrons. The highest BCUT2D eigenvalue weighted by Gasteiger charge is 2.45. The van der Waals surface area contributed by atoms with Gasteiger partial charge in [0.05, 0.1) is 4.90 Å². The molecule has 3 atom stereocenters. The number of Topliss-reactive ketones (excluding diaryl/α,β-unsaturated/α-hetero) is 1. The molecule has 2 aromatic carbocycles. The zero-order chi connectivity index (χ0) is 26.9. The fraction of sp³-hybridized carbons (Fsp3) is 0.391. The Balaban J connectivity index is 0.000000744. The van der Waals surface area contributed by atoms with Crippen LogP contribution in [0.4, 0.5) is 0 Å². The summed E-state index contributed by atoms with van der Waals surface area (Å²) in [5, 5.41) is 9.60. The maximum absolute atomic E-state index is 13.1. The van der Waals surface area contributed by atoms with Crippen LogP contribution in [0.15, 0.2) is 59.5 Å². The molecule has 0 bridgehead atoms. The van der Waals surface area contributed by atoms with Crippen LogP contribution in [-0.2, 0) is 30.3 Å². The standard InChI is InChI=1S/C16H21Cl2NO7S2.C7H8/c1-9(2)8-12(16(21)22)19(14(17)13(20)15(18)27(23)24)28(25,26)11-6-4-10(3)5-7-11;1-7-5-3-2-4-6-7/h4-7,9,12,14-15,27H,8H2,1-3H3,(H,21,22);2-6H,1H3/t12-,14?,15?;/m0./s1. The molecule has 8 nitrogen and oxygen atoms in total. The van der Waals surface area contributed by atoms with Crippen LogP contribution < -0.4 is 0 Å². The summed E-state index contributed by atoms with van der Waals surface area (Å²) in [6, 6.07) is 14.0. The Labute approximate surface area is 217 Å². The molecule has 0 amide bonds. The van der Waals surface area contributed by atoms with E-state index in [9.17, 15) is 31.5 Å². The number of aliphatic carboxylic acids is 1. The summed E-state index contributed by atoms with van der Waals surface area (Å²) in [6.45, 7) is 7.14. The molecule has 0 heterocycles. The quantitative estimate of drug-likeness (QED) is 0.255. The molecule has 0 saturated heterocycles. The largest absolute Gasteiger partial charge is 0.480 e. The monoisotopic (exact) mass is 565 g/mol. The number of alkyl halides is 2. The molecule has 0 aliphatic rings. The molecule has 12 heteroatoms. The van der Waals surface area contributed by atoms with Crippen molar-refractivity contribution in [3.8, 4) is 0 Å². The highest BCUT2D eigenvalue weighted by Crippen LogP contribution is 2.28. The molecule has 2 rings (SSSR count). The van der Waals surface area contributed by atoms with Crippen molar-refractivity contribution in [2.24, 2.45) is 5.92 Å². The summed E-state index contributed by atoms with van der Waals surface area (Å²) >= 11 is 11.5. The third-order valence-corrected chi connectivity index (χ3v) is 8.45. The fourth-order valence-corrected chi connectivity index (χ4v) is 5.70. The van der Waals surface area contributed by atoms with Gasteiger partial charge in [-0.15, -0.1) is 0 Å². The van der Waals surface area contributed by atoms with E-state index in [0.717, 1.165) is 5.56 Å². The summed E-state index contributed by atoms with van der Waals surface area (Å²) in [4.78, 5) is 23.8. The molecule has 35 heavy (non-hydrogen) atoms. The number of thiol groups is 1. The molecule has 0 aliphatic carbocycles. The third-order valence-electron chi connectivity index (χ3n) is 4.70. The van der Waals surface area contributed by atoms with Crippen molar-refractivity contribution in [1.82, 2.24) is 4.31 Å². The van der Waals surface area contributed by atoms with E-state index in [1.54, 1.807) is 20.8 Å². The predicted molar refractivity (Wildman–Crippen MR) is 137 cm³/mol. The number of hydrogen-bond acceptors (Lipinski definition) is 6. The van der Waals surface area contributed by atoms with E-state index < -0.39 is 48.7 Å². The van der Waals surface area contributed by atoms with Crippen LogP contribution in [0.1, 0.15) is 31.4 Å². The van der Waals surface area contributed by atoms with Crippen molar-refractivity contribution in [1.29, 1.82) is 0 Å². The molecular formula is C23H29Cl2NO7S2. The van der Waals surface area contributed by atoms with E-state index in [2.05, 4.69) is 19.1 Å². The summed E-state index contributed by atoms with van der Waals surface area (Å²) in [5.74, 6) is -3.13. The lowest BCUT2D eigenvalue weighted by Gasteiger charge is -2.32. The highest BCUT2D eigenvalue weighted by atomic mass is 35.5. The van der Waals surface area contributed by atoms with Gasteiger partial charge < -0.3 is 5.11 Å². The van der Waals surface area contributed by atoms with Gasteiger partial charge in [-0.1, -0.05) is 90.6 Å². The van der Waals surface area contributed by atoms with Crippen LogP contribution in [0.25, 0.3) is 0 Å². The minimum atomic E-state index is -4.57. The van der Waals surface area contributed by atoms with E-state index in [-0.39, 0.29) is 17.2 Å². The van der Waals surface area contributed by atoms with E-state index in [1.165, 1.54) is 29.8 Å². The van der Waals surface area contributed by atoms with Gasteiger partial charge in [0.1, 0.15) is 6.04 Å². The van der Waals surface area contributed by atoms with Crippen molar-refractivity contribution >= 4 is 55.7 Å². The Hall–Kier alpha value is -1.98. The maximum Gasteiger partial charge on any atom is 0.322 e. The van der Waals surface area contributed by atoms with Crippen molar-refractivity contribution in [3.63, 3.8) is 0 Å². The smallest absolute Gasteiger partial charge is 0.322 e. The lowest BCUT2D eigenvalue weighted by Crippen LogP contribution is -2.53.